The zero-order valence-corrected chi connectivity index (χ0v) is 11.2. The van der Waals surface area contributed by atoms with Crippen LogP contribution in [0.4, 0.5) is 0 Å². The molecule has 0 amide bonds. The fourth-order valence-electron chi connectivity index (χ4n) is 1.83. The van der Waals surface area contributed by atoms with Crippen molar-refractivity contribution in [3.05, 3.63) is 32.8 Å². The molecule has 88 valence electrons. The van der Waals surface area contributed by atoms with Crippen LogP contribution in [0, 0.1) is 5.92 Å². The summed E-state index contributed by atoms with van der Waals surface area (Å²) in [7, 11) is 0. The van der Waals surface area contributed by atoms with Crippen molar-refractivity contribution in [3.63, 3.8) is 0 Å². The third-order valence-corrected chi connectivity index (χ3v) is 4.30. The van der Waals surface area contributed by atoms with Crippen LogP contribution in [0.2, 0.25) is 15.1 Å². The van der Waals surface area contributed by atoms with Crippen LogP contribution < -0.4 is 5.32 Å². The van der Waals surface area contributed by atoms with Crippen molar-refractivity contribution in [2.45, 2.75) is 25.8 Å². The van der Waals surface area contributed by atoms with Gasteiger partial charge in [-0.3, -0.25) is 0 Å². The van der Waals surface area contributed by atoms with Gasteiger partial charge in [0.25, 0.3) is 0 Å². The van der Waals surface area contributed by atoms with Crippen LogP contribution in [0.3, 0.4) is 0 Å². The first-order valence-electron chi connectivity index (χ1n) is 5.51. The second kappa shape index (κ2) is 5.59. The summed E-state index contributed by atoms with van der Waals surface area (Å²) in [5.74, 6) is 0.830. The highest BCUT2D eigenvalue weighted by Crippen LogP contribution is 2.31. The van der Waals surface area contributed by atoms with E-state index in [2.05, 4.69) is 5.32 Å². The summed E-state index contributed by atoms with van der Waals surface area (Å²) in [6, 6.07) is 3.51. The SMILES string of the molecule is Clc1ccc(Cl)c(CNCC2CCC2)c1Cl. The van der Waals surface area contributed by atoms with E-state index in [0.29, 0.717) is 21.6 Å². The highest BCUT2D eigenvalue weighted by molar-refractivity contribution is 6.44. The molecule has 1 fully saturated rings. The minimum Gasteiger partial charge on any atom is -0.312 e. The maximum atomic E-state index is 6.11. The molecule has 1 saturated carbocycles. The first kappa shape index (κ1) is 12.5. The molecule has 1 aromatic carbocycles. The number of hydrogen-bond acceptors (Lipinski definition) is 1. The lowest BCUT2D eigenvalue weighted by molar-refractivity contribution is 0.301. The van der Waals surface area contributed by atoms with Crippen molar-refractivity contribution in [1.29, 1.82) is 0 Å². The fourth-order valence-corrected chi connectivity index (χ4v) is 2.51. The van der Waals surface area contributed by atoms with Gasteiger partial charge in [-0.2, -0.15) is 0 Å². The minimum absolute atomic E-state index is 0.562. The Kier molecular flexibility index (Phi) is 4.37. The van der Waals surface area contributed by atoms with Gasteiger partial charge in [0.1, 0.15) is 0 Å². The number of halogens is 3. The molecule has 0 aliphatic heterocycles. The Morgan fingerprint density at radius 3 is 2.44 bits per heavy atom. The third-order valence-electron chi connectivity index (χ3n) is 3.10. The van der Waals surface area contributed by atoms with E-state index in [1.54, 1.807) is 12.1 Å². The van der Waals surface area contributed by atoms with Gasteiger partial charge in [0.05, 0.1) is 10.0 Å². The maximum absolute atomic E-state index is 6.11. The summed E-state index contributed by atoms with van der Waals surface area (Å²) in [5.41, 5.74) is 0.898. The van der Waals surface area contributed by atoms with Gasteiger partial charge in [-0.05, 0) is 37.4 Å². The van der Waals surface area contributed by atoms with Crippen molar-refractivity contribution in [2.75, 3.05) is 6.54 Å². The molecular formula is C12H14Cl3N. The summed E-state index contributed by atoms with van der Waals surface area (Å²) >= 11 is 18.1. The average molecular weight is 279 g/mol. The van der Waals surface area contributed by atoms with Gasteiger partial charge < -0.3 is 5.32 Å². The maximum Gasteiger partial charge on any atom is 0.0652 e. The molecule has 0 bridgehead atoms. The molecule has 1 aliphatic carbocycles. The van der Waals surface area contributed by atoms with Gasteiger partial charge in [0.2, 0.25) is 0 Å². The molecule has 0 aromatic heterocycles. The van der Waals surface area contributed by atoms with Crippen LogP contribution in [0.25, 0.3) is 0 Å². The Hall–Kier alpha value is 0.0500. The van der Waals surface area contributed by atoms with E-state index >= 15 is 0 Å². The van der Waals surface area contributed by atoms with Crippen LogP contribution >= 0.6 is 34.8 Å². The van der Waals surface area contributed by atoms with E-state index in [1.807, 2.05) is 0 Å². The number of hydrogen-bond donors (Lipinski definition) is 1. The smallest absolute Gasteiger partial charge is 0.0652 e. The van der Waals surface area contributed by atoms with Gasteiger partial charge in [-0.15, -0.1) is 0 Å². The molecule has 1 aliphatic rings. The van der Waals surface area contributed by atoms with E-state index in [4.69, 9.17) is 34.8 Å². The van der Waals surface area contributed by atoms with Crippen LogP contribution in [0.15, 0.2) is 12.1 Å². The summed E-state index contributed by atoms with van der Waals surface area (Å²) < 4.78 is 0. The quantitative estimate of drug-likeness (QED) is 0.798. The van der Waals surface area contributed by atoms with E-state index < -0.39 is 0 Å². The van der Waals surface area contributed by atoms with Crippen molar-refractivity contribution in [1.82, 2.24) is 5.32 Å². The largest absolute Gasteiger partial charge is 0.312 e. The number of benzene rings is 1. The summed E-state index contributed by atoms with van der Waals surface area (Å²) in [5, 5.41) is 5.19. The fraction of sp³-hybridized carbons (Fsp3) is 0.500. The number of nitrogens with one attached hydrogen (secondary N) is 1. The van der Waals surface area contributed by atoms with Crippen LogP contribution in [0.1, 0.15) is 24.8 Å². The van der Waals surface area contributed by atoms with E-state index in [-0.39, 0.29) is 0 Å². The predicted octanol–water partition coefficient (Wildman–Crippen LogP) is 4.54. The van der Waals surface area contributed by atoms with E-state index in [1.165, 1.54) is 19.3 Å². The number of rotatable bonds is 4. The molecule has 2 rings (SSSR count). The third kappa shape index (κ3) is 2.84. The molecule has 0 radical (unpaired) electrons. The molecule has 0 unspecified atom stereocenters. The molecule has 4 heteroatoms. The predicted molar refractivity (Wildman–Crippen MR) is 70.5 cm³/mol. The highest BCUT2D eigenvalue weighted by Gasteiger charge is 2.17. The van der Waals surface area contributed by atoms with Crippen molar-refractivity contribution < 1.29 is 0 Å². The standard InChI is InChI=1S/C12H14Cl3N/c13-10-4-5-11(14)12(15)9(10)7-16-6-8-2-1-3-8/h4-5,8,16H,1-3,6-7H2. The van der Waals surface area contributed by atoms with Gasteiger partial charge >= 0.3 is 0 Å². The van der Waals surface area contributed by atoms with Gasteiger partial charge in [-0.1, -0.05) is 41.2 Å². The molecule has 0 saturated heterocycles. The Bertz CT molecular complexity index is 375. The Labute approximate surface area is 111 Å². The molecule has 1 aromatic rings. The zero-order chi connectivity index (χ0) is 11.5. The second-order valence-electron chi connectivity index (χ2n) is 4.25. The summed E-state index contributed by atoms with van der Waals surface area (Å²) in [4.78, 5) is 0. The second-order valence-corrected chi connectivity index (χ2v) is 5.44. The Morgan fingerprint density at radius 2 is 1.81 bits per heavy atom. The van der Waals surface area contributed by atoms with E-state index in [9.17, 15) is 0 Å². The molecule has 0 heterocycles. The molecule has 16 heavy (non-hydrogen) atoms. The first-order valence-corrected chi connectivity index (χ1v) is 6.65. The van der Waals surface area contributed by atoms with E-state index in [0.717, 1.165) is 18.0 Å². The normalized spacial score (nSPS) is 16.2. The monoisotopic (exact) mass is 277 g/mol. The topological polar surface area (TPSA) is 12.0 Å². The Balaban J connectivity index is 1.94. The van der Waals surface area contributed by atoms with Crippen molar-refractivity contribution in [3.8, 4) is 0 Å². The highest BCUT2D eigenvalue weighted by atomic mass is 35.5. The molecule has 1 nitrogen and oxygen atoms in total. The van der Waals surface area contributed by atoms with Crippen LogP contribution in [0.5, 0.6) is 0 Å². The molecule has 1 N–H and O–H groups in total. The lowest BCUT2D eigenvalue weighted by atomic mass is 9.85. The first-order chi connectivity index (χ1) is 7.68. The zero-order valence-electron chi connectivity index (χ0n) is 8.90. The van der Waals surface area contributed by atoms with Gasteiger partial charge in [-0.25, -0.2) is 0 Å². The Morgan fingerprint density at radius 1 is 1.12 bits per heavy atom. The molecule has 0 atom stereocenters. The van der Waals surface area contributed by atoms with Crippen molar-refractivity contribution >= 4 is 34.8 Å². The van der Waals surface area contributed by atoms with Crippen LogP contribution in [-0.4, -0.2) is 6.54 Å². The van der Waals surface area contributed by atoms with Crippen molar-refractivity contribution in [2.24, 2.45) is 5.92 Å². The van der Waals surface area contributed by atoms with Gasteiger partial charge in [0.15, 0.2) is 0 Å². The molecule has 0 spiro atoms. The van der Waals surface area contributed by atoms with Crippen LogP contribution in [-0.2, 0) is 6.54 Å². The lowest BCUT2D eigenvalue weighted by Crippen LogP contribution is -2.27. The average Bonchev–Trinajstić information content (AvgIpc) is 2.20. The summed E-state index contributed by atoms with van der Waals surface area (Å²) in [6.45, 7) is 1.73. The molecular weight excluding hydrogens is 264 g/mol. The summed E-state index contributed by atoms with van der Waals surface area (Å²) in [6.07, 6.45) is 4.04. The minimum atomic E-state index is 0.562. The lowest BCUT2D eigenvalue weighted by Gasteiger charge is -2.25. The van der Waals surface area contributed by atoms with Gasteiger partial charge in [0, 0.05) is 17.1 Å².